The largest absolute Gasteiger partial charge is 0.486 e. The van der Waals surface area contributed by atoms with Crippen LogP contribution in [0.3, 0.4) is 0 Å². The molecule has 0 radical (unpaired) electrons. The molecule has 0 fully saturated rings. The first-order chi connectivity index (χ1) is 13.7. The van der Waals surface area contributed by atoms with Gasteiger partial charge in [0.1, 0.15) is 13.2 Å². The van der Waals surface area contributed by atoms with E-state index in [0.29, 0.717) is 30.4 Å². The molecule has 0 bridgehead atoms. The van der Waals surface area contributed by atoms with Gasteiger partial charge in [-0.1, -0.05) is 32.9 Å². The average molecular weight is 396 g/mol. The normalized spacial score (nSPS) is 13.0. The maximum absolute atomic E-state index is 12.4. The van der Waals surface area contributed by atoms with Gasteiger partial charge in [-0.2, -0.15) is 0 Å². The van der Waals surface area contributed by atoms with Crippen molar-refractivity contribution in [2.24, 2.45) is 0 Å². The number of nitrogens with one attached hydrogen (secondary N) is 1. The van der Waals surface area contributed by atoms with E-state index < -0.39 is 0 Å². The second-order valence-corrected chi connectivity index (χ2v) is 8.12. The van der Waals surface area contributed by atoms with E-state index in [2.05, 4.69) is 26.1 Å². The van der Waals surface area contributed by atoms with Crippen LogP contribution in [-0.4, -0.2) is 31.6 Å². The predicted molar refractivity (Wildman–Crippen MR) is 114 cm³/mol. The average Bonchev–Trinajstić information content (AvgIpc) is 2.67. The molecule has 29 heavy (non-hydrogen) atoms. The summed E-state index contributed by atoms with van der Waals surface area (Å²) in [6.07, 6.45) is 0.190. The lowest BCUT2D eigenvalue weighted by Gasteiger charge is -2.24. The highest BCUT2D eigenvalue weighted by Gasteiger charge is 2.18. The molecule has 0 atom stereocenters. The van der Waals surface area contributed by atoms with Crippen LogP contribution < -0.4 is 19.7 Å². The Kier molecular flexibility index (Phi) is 6.11. The van der Waals surface area contributed by atoms with E-state index in [1.165, 1.54) is 12.5 Å². The fraction of sp³-hybridized carbons (Fsp3) is 0.391. The Bertz CT molecular complexity index is 885. The number of nitrogens with zero attached hydrogens (tertiary/aromatic N) is 1. The summed E-state index contributed by atoms with van der Waals surface area (Å²) >= 11 is 0. The van der Waals surface area contributed by atoms with E-state index in [0.717, 1.165) is 5.69 Å². The summed E-state index contributed by atoms with van der Waals surface area (Å²) in [5, 5.41) is 2.89. The van der Waals surface area contributed by atoms with E-state index in [4.69, 9.17) is 9.47 Å². The molecule has 1 aliphatic heterocycles. The number of carbonyl (C=O) groups is 2. The van der Waals surface area contributed by atoms with Crippen molar-refractivity contribution in [2.75, 3.05) is 30.0 Å². The van der Waals surface area contributed by atoms with Gasteiger partial charge in [0.25, 0.3) is 0 Å². The molecule has 0 spiro atoms. The number of benzene rings is 2. The Morgan fingerprint density at radius 3 is 2.28 bits per heavy atom. The van der Waals surface area contributed by atoms with Gasteiger partial charge in [0.05, 0.1) is 0 Å². The number of hydrogen-bond donors (Lipinski definition) is 1. The van der Waals surface area contributed by atoms with Gasteiger partial charge in [0, 0.05) is 37.3 Å². The molecule has 0 saturated heterocycles. The van der Waals surface area contributed by atoms with Gasteiger partial charge in [-0.15, -0.1) is 0 Å². The van der Waals surface area contributed by atoms with E-state index in [9.17, 15) is 9.59 Å². The fourth-order valence-corrected chi connectivity index (χ4v) is 3.16. The maximum atomic E-state index is 12.4. The van der Waals surface area contributed by atoms with Crippen LogP contribution in [0.5, 0.6) is 11.5 Å². The molecule has 6 heteroatoms. The Morgan fingerprint density at radius 2 is 1.66 bits per heavy atom. The predicted octanol–water partition coefficient (Wildman–Crippen LogP) is 4.14. The number of carbonyl (C=O) groups excluding carboxylic acids is 2. The zero-order valence-corrected chi connectivity index (χ0v) is 17.5. The van der Waals surface area contributed by atoms with Gasteiger partial charge in [-0.05, 0) is 35.2 Å². The highest BCUT2D eigenvalue weighted by Crippen LogP contribution is 2.34. The summed E-state index contributed by atoms with van der Waals surface area (Å²) in [6.45, 7) is 9.20. The molecule has 2 aromatic carbocycles. The van der Waals surface area contributed by atoms with E-state index in [1.54, 1.807) is 23.1 Å². The van der Waals surface area contributed by atoms with Crippen molar-refractivity contribution >= 4 is 23.2 Å². The standard InChI is InChI=1S/C23H28N2O4/c1-16(26)25(19-9-10-20-21(15-19)29-14-13-28-20)12-11-22(27)24-18-7-5-17(6-8-18)23(2,3)4/h5-10,15H,11-14H2,1-4H3,(H,24,27). The topological polar surface area (TPSA) is 67.9 Å². The maximum Gasteiger partial charge on any atom is 0.226 e. The van der Waals surface area contributed by atoms with Crippen LogP contribution in [0.25, 0.3) is 0 Å². The summed E-state index contributed by atoms with van der Waals surface area (Å²) in [5.74, 6) is 1.00. The monoisotopic (exact) mass is 396 g/mol. The molecule has 3 rings (SSSR count). The Labute approximate surface area is 171 Å². The van der Waals surface area contributed by atoms with Crippen molar-refractivity contribution in [1.29, 1.82) is 0 Å². The van der Waals surface area contributed by atoms with E-state index in [-0.39, 0.29) is 30.2 Å². The molecular formula is C23H28N2O4. The second-order valence-electron chi connectivity index (χ2n) is 8.12. The number of amides is 2. The van der Waals surface area contributed by atoms with Gasteiger partial charge in [-0.3, -0.25) is 9.59 Å². The smallest absolute Gasteiger partial charge is 0.226 e. The highest BCUT2D eigenvalue weighted by atomic mass is 16.6. The lowest BCUT2D eigenvalue weighted by atomic mass is 9.87. The van der Waals surface area contributed by atoms with Gasteiger partial charge in [0.15, 0.2) is 11.5 Å². The third-order valence-corrected chi connectivity index (χ3v) is 4.81. The minimum atomic E-state index is -0.141. The molecule has 0 unspecified atom stereocenters. The Hall–Kier alpha value is -3.02. The quantitative estimate of drug-likeness (QED) is 0.825. The molecule has 1 aliphatic rings. The molecule has 2 amide bonds. The number of hydrogen-bond acceptors (Lipinski definition) is 4. The van der Waals surface area contributed by atoms with Crippen LogP contribution in [0.15, 0.2) is 42.5 Å². The summed E-state index contributed by atoms with van der Waals surface area (Å²) in [5.41, 5.74) is 2.70. The highest BCUT2D eigenvalue weighted by molar-refractivity contribution is 5.95. The number of rotatable bonds is 5. The van der Waals surface area contributed by atoms with Crippen LogP contribution in [0.2, 0.25) is 0 Å². The molecule has 0 aromatic heterocycles. The van der Waals surface area contributed by atoms with Gasteiger partial charge >= 0.3 is 0 Å². The first-order valence-electron chi connectivity index (χ1n) is 9.82. The van der Waals surface area contributed by atoms with Gasteiger partial charge < -0.3 is 19.7 Å². The SMILES string of the molecule is CC(=O)N(CCC(=O)Nc1ccc(C(C)(C)C)cc1)c1ccc2c(c1)OCCO2. The van der Waals surface area contributed by atoms with Crippen molar-refractivity contribution in [3.8, 4) is 11.5 Å². The molecule has 1 N–H and O–H groups in total. The van der Waals surface area contributed by atoms with Crippen molar-refractivity contribution in [3.05, 3.63) is 48.0 Å². The summed E-state index contributed by atoms with van der Waals surface area (Å²) in [6, 6.07) is 13.2. The zero-order chi connectivity index (χ0) is 21.0. The second kappa shape index (κ2) is 8.55. The summed E-state index contributed by atoms with van der Waals surface area (Å²) < 4.78 is 11.1. The third kappa shape index (κ3) is 5.28. The van der Waals surface area contributed by atoms with Crippen LogP contribution in [0.4, 0.5) is 11.4 Å². The molecule has 154 valence electrons. The molecule has 6 nitrogen and oxygen atoms in total. The Balaban J connectivity index is 1.62. The first kappa shape index (κ1) is 20.7. The van der Waals surface area contributed by atoms with Crippen molar-refractivity contribution in [1.82, 2.24) is 0 Å². The number of anilines is 2. The van der Waals surface area contributed by atoms with Crippen molar-refractivity contribution in [2.45, 2.75) is 39.5 Å². The number of fused-ring (bicyclic) bond motifs is 1. The van der Waals surface area contributed by atoms with Crippen molar-refractivity contribution < 1.29 is 19.1 Å². The molecule has 0 aliphatic carbocycles. The molecule has 1 heterocycles. The van der Waals surface area contributed by atoms with Gasteiger partial charge in [0.2, 0.25) is 11.8 Å². The summed E-state index contributed by atoms with van der Waals surface area (Å²) in [7, 11) is 0. The van der Waals surface area contributed by atoms with E-state index >= 15 is 0 Å². The van der Waals surface area contributed by atoms with Crippen LogP contribution in [0, 0.1) is 0 Å². The lowest BCUT2D eigenvalue weighted by Crippen LogP contribution is -2.32. The van der Waals surface area contributed by atoms with Crippen LogP contribution >= 0.6 is 0 Å². The Morgan fingerprint density at radius 1 is 1.00 bits per heavy atom. The lowest BCUT2D eigenvalue weighted by molar-refractivity contribution is -0.117. The molecule has 0 saturated carbocycles. The third-order valence-electron chi connectivity index (χ3n) is 4.81. The minimum Gasteiger partial charge on any atom is -0.486 e. The number of ether oxygens (including phenoxy) is 2. The first-order valence-corrected chi connectivity index (χ1v) is 9.82. The van der Waals surface area contributed by atoms with Crippen LogP contribution in [0.1, 0.15) is 39.7 Å². The van der Waals surface area contributed by atoms with Crippen molar-refractivity contribution in [3.63, 3.8) is 0 Å². The fourth-order valence-electron chi connectivity index (χ4n) is 3.16. The van der Waals surface area contributed by atoms with Crippen LogP contribution in [-0.2, 0) is 15.0 Å². The minimum absolute atomic E-state index is 0.0636. The van der Waals surface area contributed by atoms with Gasteiger partial charge in [-0.25, -0.2) is 0 Å². The molecular weight excluding hydrogens is 368 g/mol. The zero-order valence-electron chi connectivity index (χ0n) is 17.5. The molecule has 2 aromatic rings. The summed E-state index contributed by atoms with van der Waals surface area (Å²) in [4.78, 5) is 26.1. The van der Waals surface area contributed by atoms with E-state index in [1.807, 2.05) is 24.3 Å².